The Balaban J connectivity index is 2.88. The van der Waals surface area contributed by atoms with Crippen LogP contribution in [0.2, 0.25) is 0 Å². The standard InChI is InChI=1S/C14H18O4/c1-4-9(2)10(3)18-14(17)12-8-6-5-7-11(12)13(15)16/h5-10H,4H2,1-3H3,(H,15,16). The number of rotatable bonds is 5. The van der Waals surface area contributed by atoms with Crippen LogP contribution in [0.4, 0.5) is 0 Å². The minimum atomic E-state index is -1.13. The third kappa shape index (κ3) is 3.32. The quantitative estimate of drug-likeness (QED) is 0.816. The minimum absolute atomic E-state index is 0.0288. The third-order valence-corrected chi connectivity index (χ3v) is 3.12. The van der Waals surface area contributed by atoms with Crippen LogP contribution in [0.3, 0.4) is 0 Å². The Morgan fingerprint density at radius 1 is 1.22 bits per heavy atom. The summed E-state index contributed by atoms with van der Waals surface area (Å²) in [5, 5.41) is 9.00. The third-order valence-electron chi connectivity index (χ3n) is 3.12. The predicted octanol–water partition coefficient (Wildman–Crippen LogP) is 2.98. The topological polar surface area (TPSA) is 63.6 Å². The summed E-state index contributed by atoms with van der Waals surface area (Å²) in [7, 11) is 0. The smallest absolute Gasteiger partial charge is 0.339 e. The van der Waals surface area contributed by atoms with Crippen molar-refractivity contribution in [2.45, 2.75) is 33.3 Å². The van der Waals surface area contributed by atoms with Crippen molar-refractivity contribution in [3.05, 3.63) is 35.4 Å². The molecule has 0 saturated heterocycles. The summed E-state index contributed by atoms with van der Waals surface area (Å²) in [4.78, 5) is 22.9. The number of aromatic carboxylic acids is 1. The number of esters is 1. The minimum Gasteiger partial charge on any atom is -0.478 e. The maximum atomic E-state index is 11.9. The molecule has 0 saturated carbocycles. The highest BCUT2D eigenvalue weighted by Gasteiger charge is 2.21. The summed E-state index contributed by atoms with van der Waals surface area (Å²) in [6.07, 6.45) is 0.666. The molecule has 0 heterocycles. The maximum absolute atomic E-state index is 11.9. The van der Waals surface area contributed by atoms with Crippen molar-refractivity contribution in [2.24, 2.45) is 5.92 Å². The molecule has 0 fully saturated rings. The lowest BCUT2D eigenvalue weighted by molar-refractivity contribution is 0.0209. The van der Waals surface area contributed by atoms with Crippen LogP contribution in [-0.4, -0.2) is 23.1 Å². The van der Waals surface area contributed by atoms with E-state index in [2.05, 4.69) is 0 Å². The largest absolute Gasteiger partial charge is 0.478 e. The average Bonchev–Trinajstić information content (AvgIpc) is 2.37. The van der Waals surface area contributed by atoms with Crippen LogP contribution in [0.15, 0.2) is 24.3 Å². The Morgan fingerprint density at radius 2 is 1.78 bits per heavy atom. The van der Waals surface area contributed by atoms with Crippen LogP contribution in [0, 0.1) is 5.92 Å². The van der Waals surface area contributed by atoms with Gasteiger partial charge in [-0.3, -0.25) is 0 Å². The van der Waals surface area contributed by atoms with E-state index in [1.807, 2.05) is 20.8 Å². The van der Waals surface area contributed by atoms with Gasteiger partial charge in [0.25, 0.3) is 0 Å². The monoisotopic (exact) mass is 250 g/mol. The Labute approximate surface area is 107 Å². The number of carboxylic acid groups (broad SMARTS) is 1. The van der Waals surface area contributed by atoms with E-state index in [4.69, 9.17) is 9.84 Å². The summed E-state index contributed by atoms with van der Waals surface area (Å²) in [6, 6.07) is 6.07. The number of benzene rings is 1. The summed E-state index contributed by atoms with van der Waals surface area (Å²) in [6.45, 7) is 5.82. The van der Waals surface area contributed by atoms with Gasteiger partial charge < -0.3 is 9.84 Å². The molecule has 1 aromatic rings. The van der Waals surface area contributed by atoms with Gasteiger partial charge in [-0.05, 0) is 25.0 Å². The van der Waals surface area contributed by atoms with Crippen LogP contribution in [-0.2, 0) is 4.74 Å². The van der Waals surface area contributed by atoms with Gasteiger partial charge >= 0.3 is 11.9 Å². The molecular formula is C14H18O4. The zero-order valence-electron chi connectivity index (χ0n) is 10.8. The van der Waals surface area contributed by atoms with Crippen molar-refractivity contribution in [3.8, 4) is 0 Å². The van der Waals surface area contributed by atoms with Crippen LogP contribution >= 0.6 is 0 Å². The number of carbonyl (C=O) groups excluding carboxylic acids is 1. The fraction of sp³-hybridized carbons (Fsp3) is 0.429. The normalized spacial score (nSPS) is 13.7. The van der Waals surface area contributed by atoms with E-state index >= 15 is 0 Å². The SMILES string of the molecule is CCC(C)C(C)OC(=O)c1ccccc1C(=O)O. The van der Waals surface area contributed by atoms with E-state index < -0.39 is 11.9 Å². The first-order valence-electron chi connectivity index (χ1n) is 6.00. The molecule has 2 atom stereocenters. The van der Waals surface area contributed by atoms with Gasteiger partial charge in [0.1, 0.15) is 6.10 Å². The van der Waals surface area contributed by atoms with Crippen molar-refractivity contribution >= 4 is 11.9 Å². The molecule has 0 bridgehead atoms. The highest BCUT2D eigenvalue weighted by Crippen LogP contribution is 2.16. The van der Waals surface area contributed by atoms with Gasteiger partial charge in [-0.2, -0.15) is 0 Å². The average molecular weight is 250 g/mol. The second kappa shape index (κ2) is 6.19. The van der Waals surface area contributed by atoms with Gasteiger partial charge in [0.15, 0.2) is 0 Å². The van der Waals surface area contributed by atoms with Crippen LogP contribution in [0.5, 0.6) is 0 Å². The fourth-order valence-electron chi connectivity index (χ4n) is 1.53. The molecule has 4 heteroatoms. The molecule has 4 nitrogen and oxygen atoms in total. The first-order valence-corrected chi connectivity index (χ1v) is 6.00. The lowest BCUT2D eigenvalue weighted by Crippen LogP contribution is -2.23. The number of carbonyl (C=O) groups is 2. The van der Waals surface area contributed by atoms with Gasteiger partial charge in [-0.25, -0.2) is 9.59 Å². The van der Waals surface area contributed by atoms with E-state index in [9.17, 15) is 9.59 Å². The molecular weight excluding hydrogens is 232 g/mol. The summed E-state index contributed by atoms with van der Waals surface area (Å²) < 4.78 is 5.28. The summed E-state index contributed by atoms with van der Waals surface area (Å²) in [5.74, 6) is -1.47. The van der Waals surface area contributed by atoms with E-state index in [-0.39, 0.29) is 23.1 Å². The molecule has 1 rings (SSSR count). The molecule has 98 valence electrons. The molecule has 1 aromatic carbocycles. The van der Waals surface area contributed by atoms with E-state index in [0.717, 1.165) is 6.42 Å². The predicted molar refractivity (Wildman–Crippen MR) is 67.7 cm³/mol. The van der Waals surface area contributed by atoms with E-state index in [0.29, 0.717) is 0 Å². The zero-order valence-corrected chi connectivity index (χ0v) is 10.8. The van der Waals surface area contributed by atoms with E-state index in [1.54, 1.807) is 12.1 Å². The molecule has 0 radical (unpaired) electrons. The number of hydrogen-bond donors (Lipinski definition) is 1. The number of hydrogen-bond acceptors (Lipinski definition) is 3. The Hall–Kier alpha value is -1.84. The number of carboxylic acids is 1. The van der Waals surface area contributed by atoms with Gasteiger partial charge in [0.2, 0.25) is 0 Å². The molecule has 18 heavy (non-hydrogen) atoms. The van der Waals surface area contributed by atoms with E-state index in [1.165, 1.54) is 12.1 Å². The van der Waals surface area contributed by atoms with Crippen molar-refractivity contribution < 1.29 is 19.4 Å². The molecule has 0 aromatic heterocycles. The molecule has 0 aliphatic heterocycles. The van der Waals surface area contributed by atoms with Gasteiger partial charge in [-0.15, -0.1) is 0 Å². The molecule has 2 unspecified atom stereocenters. The second-order valence-corrected chi connectivity index (χ2v) is 4.35. The highest BCUT2D eigenvalue weighted by molar-refractivity contribution is 6.02. The lowest BCUT2D eigenvalue weighted by atomic mass is 10.0. The van der Waals surface area contributed by atoms with Crippen LogP contribution in [0.1, 0.15) is 47.9 Å². The Morgan fingerprint density at radius 3 is 2.28 bits per heavy atom. The summed E-state index contributed by atoms with van der Waals surface area (Å²) in [5.41, 5.74) is 0.0685. The lowest BCUT2D eigenvalue weighted by Gasteiger charge is -2.19. The zero-order chi connectivity index (χ0) is 13.7. The van der Waals surface area contributed by atoms with Crippen molar-refractivity contribution in [2.75, 3.05) is 0 Å². The molecule has 0 spiro atoms. The molecule has 0 amide bonds. The first kappa shape index (κ1) is 14.2. The number of ether oxygens (including phenoxy) is 1. The van der Waals surface area contributed by atoms with Crippen LogP contribution in [0.25, 0.3) is 0 Å². The molecule has 1 N–H and O–H groups in total. The fourth-order valence-corrected chi connectivity index (χ4v) is 1.53. The van der Waals surface area contributed by atoms with Crippen molar-refractivity contribution in [1.29, 1.82) is 0 Å². The van der Waals surface area contributed by atoms with Gasteiger partial charge in [0.05, 0.1) is 11.1 Å². The molecule has 0 aliphatic carbocycles. The van der Waals surface area contributed by atoms with Crippen molar-refractivity contribution in [3.63, 3.8) is 0 Å². The van der Waals surface area contributed by atoms with Gasteiger partial charge in [-0.1, -0.05) is 32.4 Å². The maximum Gasteiger partial charge on any atom is 0.339 e. The second-order valence-electron chi connectivity index (χ2n) is 4.35. The Kier molecular flexibility index (Phi) is 4.89. The van der Waals surface area contributed by atoms with Crippen molar-refractivity contribution in [1.82, 2.24) is 0 Å². The Bertz CT molecular complexity index is 439. The van der Waals surface area contributed by atoms with Gasteiger partial charge in [0, 0.05) is 0 Å². The highest BCUT2D eigenvalue weighted by atomic mass is 16.5. The molecule has 0 aliphatic rings. The summed E-state index contributed by atoms with van der Waals surface area (Å²) >= 11 is 0. The first-order chi connectivity index (χ1) is 8.47. The van der Waals surface area contributed by atoms with Crippen LogP contribution < -0.4 is 0 Å².